The predicted octanol–water partition coefficient (Wildman–Crippen LogP) is 0.698. The van der Waals surface area contributed by atoms with Crippen molar-refractivity contribution in [3.8, 4) is 0 Å². The minimum absolute atomic E-state index is 0.176. The fraction of sp³-hybridized carbons (Fsp3) is 0.600. The van der Waals surface area contributed by atoms with E-state index < -0.39 is 0 Å². The van der Waals surface area contributed by atoms with Crippen LogP contribution in [0.25, 0.3) is 0 Å². The summed E-state index contributed by atoms with van der Waals surface area (Å²) < 4.78 is 1.64. The van der Waals surface area contributed by atoms with E-state index in [0.29, 0.717) is 18.2 Å². The molecule has 1 aliphatic heterocycles. The lowest BCUT2D eigenvalue weighted by atomic mass is 10.1. The third-order valence-electron chi connectivity index (χ3n) is 2.54. The highest BCUT2D eigenvalue weighted by atomic mass is 32.2. The molecule has 5 heteroatoms. The van der Waals surface area contributed by atoms with E-state index in [1.807, 2.05) is 11.8 Å². The molecule has 1 saturated heterocycles. The highest BCUT2D eigenvalue weighted by Gasteiger charge is 2.19. The smallest absolute Gasteiger partial charge is 0.182 e. The number of carbonyl (C=O) groups excluding carboxylic acids is 1. The monoisotopic (exact) mass is 225 g/mol. The molecule has 1 unspecified atom stereocenters. The molecule has 15 heavy (non-hydrogen) atoms. The van der Waals surface area contributed by atoms with Gasteiger partial charge in [-0.3, -0.25) is 9.48 Å². The normalized spacial score (nSPS) is 21.5. The van der Waals surface area contributed by atoms with Gasteiger partial charge in [0, 0.05) is 43.8 Å². The summed E-state index contributed by atoms with van der Waals surface area (Å²) >= 11 is 1.91. The molecule has 2 rings (SSSR count). The molecule has 1 aromatic heterocycles. The topological polar surface area (TPSA) is 46.9 Å². The highest BCUT2D eigenvalue weighted by Crippen LogP contribution is 2.12. The molecule has 0 aliphatic carbocycles. The molecule has 4 nitrogen and oxygen atoms in total. The molecule has 0 spiro atoms. The maximum Gasteiger partial charge on any atom is 0.182 e. The summed E-state index contributed by atoms with van der Waals surface area (Å²) in [6, 6.07) is 2.10. The Morgan fingerprint density at radius 3 is 3.27 bits per heavy atom. The van der Waals surface area contributed by atoms with E-state index in [1.54, 1.807) is 24.0 Å². The molecule has 1 N–H and O–H groups in total. The largest absolute Gasteiger partial charge is 0.312 e. The van der Waals surface area contributed by atoms with Crippen LogP contribution in [0.15, 0.2) is 12.3 Å². The molecule has 1 aromatic rings. The number of hydrogen-bond acceptors (Lipinski definition) is 4. The Kier molecular flexibility index (Phi) is 3.43. The number of Topliss-reactive ketones (excluding diaryl/α,β-unsaturated/α-hetero) is 1. The molecule has 82 valence electrons. The number of aryl methyl sites for hydroxylation is 1. The van der Waals surface area contributed by atoms with Gasteiger partial charge in [-0.05, 0) is 6.07 Å². The third kappa shape index (κ3) is 2.60. The van der Waals surface area contributed by atoms with Crippen molar-refractivity contribution in [2.45, 2.75) is 12.5 Å². The standard InChI is InChI=1S/C10H15N3OS/c1-13-9(2-3-12-13)10(14)6-8-7-15-5-4-11-8/h2-3,8,11H,4-7H2,1H3. The Hall–Kier alpha value is -0.810. The summed E-state index contributed by atoms with van der Waals surface area (Å²) in [7, 11) is 1.80. The van der Waals surface area contributed by atoms with Gasteiger partial charge in [0.05, 0.1) is 0 Å². The van der Waals surface area contributed by atoms with Crippen LogP contribution in [0.3, 0.4) is 0 Å². The third-order valence-corrected chi connectivity index (χ3v) is 3.67. The molecule has 1 fully saturated rings. The van der Waals surface area contributed by atoms with Crippen molar-refractivity contribution in [1.29, 1.82) is 0 Å². The Bertz CT molecular complexity index is 344. The number of aromatic nitrogens is 2. The minimum Gasteiger partial charge on any atom is -0.312 e. The molecule has 0 saturated carbocycles. The van der Waals surface area contributed by atoms with Gasteiger partial charge in [-0.1, -0.05) is 0 Å². The summed E-state index contributed by atoms with van der Waals surface area (Å²) in [6.45, 7) is 1.01. The lowest BCUT2D eigenvalue weighted by Crippen LogP contribution is -2.39. The quantitative estimate of drug-likeness (QED) is 0.769. The number of rotatable bonds is 3. The van der Waals surface area contributed by atoms with Gasteiger partial charge in [-0.2, -0.15) is 16.9 Å². The maximum atomic E-state index is 11.9. The maximum absolute atomic E-state index is 11.9. The second-order valence-electron chi connectivity index (χ2n) is 3.69. The van der Waals surface area contributed by atoms with Crippen LogP contribution >= 0.6 is 11.8 Å². The lowest BCUT2D eigenvalue weighted by molar-refractivity contribution is 0.0963. The molecule has 0 radical (unpaired) electrons. The van der Waals surface area contributed by atoms with E-state index in [0.717, 1.165) is 18.1 Å². The molecule has 2 heterocycles. The van der Waals surface area contributed by atoms with Gasteiger partial charge in [0.25, 0.3) is 0 Å². The van der Waals surface area contributed by atoms with Gasteiger partial charge >= 0.3 is 0 Å². The van der Waals surface area contributed by atoms with E-state index in [-0.39, 0.29) is 5.78 Å². The summed E-state index contributed by atoms with van der Waals surface area (Å²) in [5.41, 5.74) is 0.701. The highest BCUT2D eigenvalue weighted by molar-refractivity contribution is 7.99. The van der Waals surface area contributed by atoms with Crippen LogP contribution in [0.1, 0.15) is 16.9 Å². The van der Waals surface area contributed by atoms with Crippen molar-refractivity contribution in [2.24, 2.45) is 7.05 Å². The molecule has 1 aliphatic rings. The van der Waals surface area contributed by atoms with Crippen LogP contribution in [0.4, 0.5) is 0 Å². The molecule has 0 aromatic carbocycles. The minimum atomic E-state index is 0.176. The van der Waals surface area contributed by atoms with Crippen LogP contribution < -0.4 is 5.32 Å². The second kappa shape index (κ2) is 4.81. The molecular weight excluding hydrogens is 210 g/mol. The zero-order valence-corrected chi connectivity index (χ0v) is 9.59. The lowest BCUT2D eigenvalue weighted by Gasteiger charge is -2.22. The zero-order valence-electron chi connectivity index (χ0n) is 8.77. The Labute approximate surface area is 93.4 Å². The first-order chi connectivity index (χ1) is 7.27. The number of ketones is 1. The van der Waals surface area contributed by atoms with Gasteiger partial charge < -0.3 is 5.32 Å². The van der Waals surface area contributed by atoms with Gasteiger partial charge in [0.2, 0.25) is 0 Å². The van der Waals surface area contributed by atoms with E-state index in [9.17, 15) is 4.79 Å². The number of nitrogens with zero attached hydrogens (tertiary/aromatic N) is 2. The van der Waals surface area contributed by atoms with Crippen molar-refractivity contribution in [2.75, 3.05) is 18.1 Å². The van der Waals surface area contributed by atoms with E-state index in [2.05, 4.69) is 10.4 Å². The van der Waals surface area contributed by atoms with Crippen molar-refractivity contribution in [1.82, 2.24) is 15.1 Å². The van der Waals surface area contributed by atoms with Gasteiger partial charge in [-0.25, -0.2) is 0 Å². The zero-order chi connectivity index (χ0) is 10.7. The SMILES string of the molecule is Cn1nccc1C(=O)CC1CSCCN1. The number of nitrogens with one attached hydrogen (secondary N) is 1. The van der Waals surface area contributed by atoms with Crippen LogP contribution in [-0.4, -0.2) is 39.7 Å². The average molecular weight is 225 g/mol. The fourth-order valence-corrected chi connectivity index (χ4v) is 2.68. The second-order valence-corrected chi connectivity index (χ2v) is 4.84. The average Bonchev–Trinajstić information content (AvgIpc) is 2.66. The van der Waals surface area contributed by atoms with Crippen molar-refractivity contribution < 1.29 is 4.79 Å². The van der Waals surface area contributed by atoms with Gasteiger partial charge in [-0.15, -0.1) is 0 Å². The van der Waals surface area contributed by atoms with E-state index in [1.165, 1.54) is 0 Å². The van der Waals surface area contributed by atoms with E-state index in [4.69, 9.17) is 0 Å². The predicted molar refractivity (Wildman–Crippen MR) is 61.3 cm³/mol. The number of thioether (sulfide) groups is 1. The Morgan fingerprint density at radius 1 is 1.80 bits per heavy atom. The molecule has 1 atom stereocenters. The van der Waals surface area contributed by atoms with Crippen molar-refractivity contribution in [3.63, 3.8) is 0 Å². The first-order valence-corrected chi connectivity index (χ1v) is 6.25. The first kappa shape index (κ1) is 10.7. The molecule has 0 amide bonds. The summed E-state index contributed by atoms with van der Waals surface area (Å²) in [5, 5.41) is 7.36. The van der Waals surface area contributed by atoms with Gasteiger partial charge in [0.1, 0.15) is 5.69 Å². The summed E-state index contributed by atoms with van der Waals surface area (Å²) in [4.78, 5) is 11.9. The van der Waals surface area contributed by atoms with E-state index >= 15 is 0 Å². The molecule has 0 bridgehead atoms. The number of hydrogen-bond donors (Lipinski definition) is 1. The van der Waals surface area contributed by atoms with Crippen LogP contribution in [-0.2, 0) is 7.05 Å². The first-order valence-electron chi connectivity index (χ1n) is 5.09. The van der Waals surface area contributed by atoms with Crippen LogP contribution in [0.2, 0.25) is 0 Å². The van der Waals surface area contributed by atoms with Crippen molar-refractivity contribution >= 4 is 17.5 Å². The Morgan fingerprint density at radius 2 is 2.67 bits per heavy atom. The van der Waals surface area contributed by atoms with Crippen LogP contribution in [0.5, 0.6) is 0 Å². The van der Waals surface area contributed by atoms with Crippen LogP contribution in [0, 0.1) is 0 Å². The Balaban J connectivity index is 1.94. The number of carbonyl (C=O) groups is 1. The van der Waals surface area contributed by atoms with Gasteiger partial charge in [0.15, 0.2) is 5.78 Å². The fourth-order valence-electron chi connectivity index (χ4n) is 1.73. The molecular formula is C10H15N3OS. The van der Waals surface area contributed by atoms with Crippen molar-refractivity contribution in [3.05, 3.63) is 18.0 Å². The summed E-state index contributed by atoms with van der Waals surface area (Å²) in [5.74, 6) is 2.36. The summed E-state index contributed by atoms with van der Waals surface area (Å²) in [6.07, 6.45) is 2.24.